The predicted molar refractivity (Wildman–Crippen MR) is 157 cm³/mol. The molecule has 1 amide bonds. The van der Waals surface area contributed by atoms with Gasteiger partial charge in [0.25, 0.3) is 0 Å². The van der Waals surface area contributed by atoms with Gasteiger partial charge in [0, 0.05) is 51.4 Å². The van der Waals surface area contributed by atoms with Gasteiger partial charge in [0.05, 0.1) is 18.7 Å². The van der Waals surface area contributed by atoms with E-state index in [4.69, 9.17) is 9.47 Å². The van der Waals surface area contributed by atoms with Gasteiger partial charge in [-0.15, -0.1) is 0 Å². The highest BCUT2D eigenvalue weighted by atomic mass is 16.5. The Labute approximate surface area is 237 Å². The van der Waals surface area contributed by atoms with Crippen molar-refractivity contribution in [2.75, 3.05) is 56.2 Å². The van der Waals surface area contributed by atoms with E-state index < -0.39 is 0 Å². The van der Waals surface area contributed by atoms with Crippen molar-refractivity contribution in [3.05, 3.63) is 60.8 Å². The number of rotatable bonds is 9. The van der Waals surface area contributed by atoms with Gasteiger partial charge in [-0.25, -0.2) is 4.98 Å². The van der Waals surface area contributed by atoms with Crippen molar-refractivity contribution in [3.63, 3.8) is 0 Å². The fourth-order valence-corrected chi connectivity index (χ4v) is 6.11. The number of para-hydroxylation sites is 2. The molecular formula is C32H42N4O4. The van der Waals surface area contributed by atoms with Crippen LogP contribution in [-0.2, 0) is 14.3 Å². The van der Waals surface area contributed by atoms with Crippen molar-refractivity contribution in [3.8, 4) is 5.75 Å². The van der Waals surface area contributed by atoms with Crippen LogP contribution in [0.1, 0.15) is 44.9 Å². The summed E-state index contributed by atoms with van der Waals surface area (Å²) in [6.45, 7) is 5.08. The Morgan fingerprint density at radius 2 is 1.70 bits per heavy atom. The number of benzene rings is 1. The zero-order valence-electron chi connectivity index (χ0n) is 23.6. The van der Waals surface area contributed by atoms with Gasteiger partial charge >= 0.3 is 5.97 Å². The van der Waals surface area contributed by atoms with Gasteiger partial charge in [-0.3, -0.25) is 19.4 Å². The second kappa shape index (κ2) is 13.8. The average Bonchev–Trinajstić information content (AvgIpc) is 3.02. The number of esters is 1. The van der Waals surface area contributed by atoms with E-state index in [0.29, 0.717) is 12.4 Å². The lowest BCUT2D eigenvalue weighted by molar-refractivity contribution is -0.156. The average molecular weight is 547 g/mol. The first-order chi connectivity index (χ1) is 19.6. The largest absolute Gasteiger partial charge is 0.495 e. The van der Waals surface area contributed by atoms with E-state index >= 15 is 0 Å². The molecule has 1 saturated carbocycles. The lowest BCUT2D eigenvalue weighted by atomic mass is 9.86. The highest BCUT2D eigenvalue weighted by Crippen LogP contribution is 2.31. The molecule has 214 valence electrons. The Bertz CT molecular complexity index is 1140. The molecule has 1 saturated heterocycles. The molecular weight excluding hydrogens is 504 g/mol. The summed E-state index contributed by atoms with van der Waals surface area (Å²) in [5, 5.41) is 0. The van der Waals surface area contributed by atoms with E-state index in [1.807, 2.05) is 41.3 Å². The molecule has 8 heteroatoms. The number of amides is 1. The summed E-state index contributed by atoms with van der Waals surface area (Å²) in [6, 6.07) is 13.9. The van der Waals surface area contributed by atoms with E-state index in [1.54, 1.807) is 13.3 Å². The number of carbonyl (C=O) groups excluding carboxylic acids is 2. The summed E-state index contributed by atoms with van der Waals surface area (Å²) in [6.07, 6.45) is 11.4. The molecule has 1 aliphatic heterocycles. The first-order valence-corrected chi connectivity index (χ1v) is 14.8. The van der Waals surface area contributed by atoms with Gasteiger partial charge in [0.1, 0.15) is 17.7 Å². The third kappa shape index (κ3) is 7.02. The topological polar surface area (TPSA) is 75.2 Å². The molecule has 2 heterocycles. The van der Waals surface area contributed by atoms with Crippen LogP contribution in [0, 0.1) is 11.8 Å². The van der Waals surface area contributed by atoms with E-state index in [9.17, 15) is 9.59 Å². The van der Waals surface area contributed by atoms with Crippen LogP contribution in [-0.4, -0.2) is 74.2 Å². The van der Waals surface area contributed by atoms with Crippen LogP contribution in [0.2, 0.25) is 0 Å². The number of carbonyl (C=O) groups is 2. The minimum absolute atomic E-state index is 0.0133. The van der Waals surface area contributed by atoms with Crippen LogP contribution in [0.5, 0.6) is 5.75 Å². The minimum Gasteiger partial charge on any atom is -0.495 e. The number of nitrogens with zero attached hydrogens (tertiary/aromatic N) is 4. The molecule has 1 aromatic carbocycles. The van der Waals surface area contributed by atoms with Crippen LogP contribution >= 0.6 is 0 Å². The van der Waals surface area contributed by atoms with Crippen LogP contribution in [0.15, 0.2) is 60.8 Å². The summed E-state index contributed by atoms with van der Waals surface area (Å²) in [4.78, 5) is 37.6. The molecule has 1 unspecified atom stereocenters. The fourth-order valence-electron chi connectivity index (χ4n) is 6.11. The number of anilines is 2. The molecule has 40 heavy (non-hydrogen) atoms. The number of aromatic nitrogens is 1. The number of hydrogen-bond acceptors (Lipinski definition) is 7. The number of piperazine rings is 1. The fraction of sp³-hybridized carbons (Fsp3) is 0.531. The Hall–Kier alpha value is -3.39. The highest BCUT2D eigenvalue weighted by Gasteiger charge is 2.33. The number of ether oxygens (including phenoxy) is 2. The van der Waals surface area contributed by atoms with Crippen molar-refractivity contribution in [2.45, 2.75) is 51.0 Å². The maximum absolute atomic E-state index is 13.8. The van der Waals surface area contributed by atoms with Gasteiger partial charge in [0.15, 0.2) is 0 Å². The first kappa shape index (κ1) is 28.1. The number of hydrogen-bond donors (Lipinski definition) is 0. The molecule has 8 nitrogen and oxygen atoms in total. The SMILES string of the molecule is COc1ccccc1N1CCN(CCN(C(=O)C2CCC(OC(=O)C3CC=CCC3)CC2)c2ccccn2)CC1. The lowest BCUT2D eigenvalue weighted by Crippen LogP contribution is -2.50. The summed E-state index contributed by atoms with van der Waals surface area (Å²) < 4.78 is 11.4. The first-order valence-electron chi connectivity index (χ1n) is 14.8. The molecule has 0 radical (unpaired) electrons. The molecule has 2 fully saturated rings. The molecule has 2 aromatic rings. The maximum Gasteiger partial charge on any atom is 0.309 e. The summed E-state index contributed by atoms with van der Waals surface area (Å²) in [7, 11) is 1.71. The van der Waals surface area contributed by atoms with Gasteiger partial charge < -0.3 is 14.4 Å². The highest BCUT2D eigenvalue weighted by molar-refractivity contribution is 5.94. The van der Waals surface area contributed by atoms with Crippen molar-refractivity contribution >= 4 is 23.4 Å². The molecule has 2 aliphatic carbocycles. The van der Waals surface area contributed by atoms with E-state index in [0.717, 1.165) is 89.1 Å². The van der Waals surface area contributed by atoms with Crippen LogP contribution in [0.3, 0.4) is 0 Å². The van der Waals surface area contributed by atoms with E-state index in [1.165, 1.54) is 0 Å². The molecule has 0 spiro atoms. The Morgan fingerprint density at radius 3 is 2.40 bits per heavy atom. The van der Waals surface area contributed by atoms with E-state index in [2.05, 4.69) is 33.0 Å². The second-order valence-corrected chi connectivity index (χ2v) is 11.1. The Balaban J connectivity index is 1.14. The zero-order valence-corrected chi connectivity index (χ0v) is 23.6. The molecule has 0 bridgehead atoms. The minimum atomic E-state index is -0.0784. The Kier molecular flexibility index (Phi) is 9.71. The normalized spacial score (nSPS) is 23.4. The quantitative estimate of drug-likeness (QED) is 0.333. The number of methoxy groups -OCH3 is 1. The number of pyridine rings is 1. The van der Waals surface area contributed by atoms with Gasteiger partial charge in [-0.05, 0) is 69.2 Å². The van der Waals surface area contributed by atoms with E-state index in [-0.39, 0.29) is 29.8 Å². The van der Waals surface area contributed by atoms with Crippen molar-refractivity contribution in [1.29, 1.82) is 0 Å². The van der Waals surface area contributed by atoms with Crippen molar-refractivity contribution in [1.82, 2.24) is 9.88 Å². The smallest absolute Gasteiger partial charge is 0.309 e. The molecule has 5 rings (SSSR count). The van der Waals surface area contributed by atoms with Gasteiger partial charge in [-0.1, -0.05) is 30.4 Å². The third-order valence-electron chi connectivity index (χ3n) is 8.54. The molecule has 1 aromatic heterocycles. The summed E-state index contributed by atoms with van der Waals surface area (Å²) >= 11 is 0. The van der Waals surface area contributed by atoms with Crippen molar-refractivity contribution in [2.24, 2.45) is 11.8 Å². The van der Waals surface area contributed by atoms with Gasteiger partial charge in [-0.2, -0.15) is 0 Å². The van der Waals surface area contributed by atoms with Crippen molar-refractivity contribution < 1.29 is 19.1 Å². The molecule has 3 aliphatic rings. The maximum atomic E-state index is 13.8. The third-order valence-corrected chi connectivity index (χ3v) is 8.54. The summed E-state index contributed by atoms with van der Waals surface area (Å²) in [5.41, 5.74) is 1.13. The standard InChI is InChI=1S/C32H42N4O4/c1-39-29-12-6-5-11-28(29)35-22-19-34(20-23-35)21-24-36(30-13-7-8-18-33-30)31(37)25-14-16-27(17-15-25)40-32(38)26-9-3-2-4-10-26/h2-3,5-8,11-13,18,25-27H,4,9-10,14-17,19-24H2,1H3. The zero-order chi connectivity index (χ0) is 27.7. The van der Waals surface area contributed by atoms with Crippen LogP contribution < -0.4 is 14.5 Å². The molecule has 1 atom stereocenters. The van der Waals surface area contributed by atoms with Gasteiger partial charge in [0.2, 0.25) is 5.91 Å². The Morgan fingerprint density at radius 1 is 0.925 bits per heavy atom. The van der Waals surface area contributed by atoms with Crippen LogP contribution in [0.4, 0.5) is 11.5 Å². The monoisotopic (exact) mass is 546 g/mol. The van der Waals surface area contributed by atoms with Crippen LogP contribution in [0.25, 0.3) is 0 Å². The lowest BCUT2D eigenvalue weighted by Gasteiger charge is -2.38. The molecule has 0 N–H and O–H groups in total. The number of allylic oxidation sites excluding steroid dienone is 2. The summed E-state index contributed by atoms with van der Waals surface area (Å²) in [5.74, 6) is 1.59. The second-order valence-electron chi connectivity index (χ2n) is 11.1. The predicted octanol–water partition coefficient (Wildman–Crippen LogP) is 4.70.